The minimum atomic E-state index is -1.96. The normalized spacial score (nSPS) is 16.7. The summed E-state index contributed by atoms with van der Waals surface area (Å²) in [4.78, 5) is 17.3. The van der Waals surface area contributed by atoms with Crippen LogP contribution in [0, 0.1) is 5.92 Å². The third-order valence-corrected chi connectivity index (χ3v) is 6.48. The number of nitrogens with zero attached hydrogens (tertiary/aromatic N) is 1. The number of hydrogen-bond donors (Lipinski definition) is 2. The van der Waals surface area contributed by atoms with Gasteiger partial charge in [-0.25, -0.2) is 9.19 Å². The highest BCUT2D eigenvalue weighted by Gasteiger charge is 2.27. The number of aromatic nitrogens is 1. The molecule has 2 unspecified atom stereocenters. The van der Waals surface area contributed by atoms with Gasteiger partial charge in [0.05, 0.1) is 11.7 Å². The summed E-state index contributed by atoms with van der Waals surface area (Å²) < 4.78 is 21.0. The Morgan fingerprint density at radius 3 is 2.68 bits per heavy atom. The summed E-state index contributed by atoms with van der Waals surface area (Å²) in [5, 5.41) is 3.31. The molecule has 0 aliphatic heterocycles. The molecule has 0 saturated heterocycles. The Morgan fingerprint density at radius 1 is 1.32 bits per heavy atom. The maximum absolute atomic E-state index is 13.1. The maximum Gasteiger partial charge on any atom is 0.233 e. The number of carbonyl (C=O) groups excluding carboxylic acids is 1. The van der Waals surface area contributed by atoms with E-state index in [1.165, 1.54) is 12.8 Å². The van der Waals surface area contributed by atoms with Gasteiger partial charge in [-0.3, -0.25) is 4.79 Å². The smallest absolute Gasteiger partial charge is 0.233 e. The molecule has 8 heteroatoms. The number of anilines is 1. The first-order valence-corrected chi connectivity index (χ1v) is 11.6. The summed E-state index contributed by atoms with van der Waals surface area (Å²) >= 11 is 7.70. The van der Waals surface area contributed by atoms with E-state index in [1.54, 1.807) is 24.4 Å². The molecule has 1 amide bonds. The minimum Gasteiger partial charge on any atom is -0.310 e. The van der Waals surface area contributed by atoms with E-state index < -0.39 is 11.1 Å². The Hall–Kier alpha value is -1.28. The molecule has 1 saturated carbocycles. The van der Waals surface area contributed by atoms with Crippen molar-refractivity contribution in [1.82, 2.24) is 4.98 Å². The van der Waals surface area contributed by atoms with Gasteiger partial charge in [-0.2, -0.15) is 0 Å². The number of rotatable bonds is 7. The van der Waals surface area contributed by atoms with Crippen LogP contribution in [0.3, 0.4) is 0 Å². The van der Waals surface area contributed by atoms with Gasteiger partial charge in [0, 0.05) is 15.7 Å². The molecule has 1 aromatic carbocycles. The zero-order chi connectivity index (χ0) is 20.1. The lowest BCUT2D eigenvalue weighted by Crippen LogP contribution is -2.23. The predicted molar refractivity (Wildman–Crippen MR) is 116 cm³/mol. The van der Waals surface area contributed by atoms with Crippen molar-refractivity contribution < 1.29 is 13.6 Å². The Kier molecular flexibility index (Phi) is 7.62. The average molecular weight is 486 g/mol. The van der Waals surface area contributed by atoms with E-state index in [4.69, 9.17) is 16.2 Å². The van der Waals surface area contributed by atoms with Crippen molar-refractivity contribution in [3.05, 3.63) is 57.2 Å². The quantitative estimate of drug-likeness (QED) is 0.506. The molecule has 1 heterocycles. The first kappa shape index (κ1) is 21.4. The van der Waals surface area contributed by atoms with Crippen molar-refractivity contribution in [2.45, 2.75) is 43.8 Å². The van der Waals surface area contributed by atoms with Crippen LogP contribution in [-0.4, -0.2) is 19.7 Å². The number of amides is 1. The van der Waals surface area contributed by atoms with E-state index in [0.29, 0.717) is 22.3 Å². The van der Waals surface area contributed by atoms with E-state index in [0.717, 1.165) is 29.3 Å². The lowest BCUT2D eigenvalue weighted by atomic mass is 9.87. The number of carbonyl (C=O) groups is 1. The van der Waals surface area contributed by atoms with Gasteiger partial charge in [-0.15, -0.1) is 0 Å². The van der Waals surface area contributed by atoms with Crippen LogP contribution in [0.1, 0.15) is 49.1 Å². The Bertz CT molecular complexity index is 857. The lowest BCUT2D eigenvalue weighted by molar-refractivity contribution is -0.118. The predicted octanol–water partition coefficient (Wildman–Crippen LogP) is 5.52. The molecule has 3 rings (SSSR count). The third kappa shape index (κ3) is 5.86. The van der Waals surface area contributed by atoms with Gasteiger partial charge in [0.25, 0.3) is 0 Å². The molecule has 2 N–H and O–H groups in total. The number of pyridine rings is 1. The monoisotopic (exact) mass is 484 g/mol. The molecule has 28 heavy (non-hydrogen) atoms. The Balaban J connectivity index is 1.83. The van der Waals surface area contributed by atoms with E-state index in [1.807, 2.05) is 12.1 Å². The zero-order valence-corrected chi connectivity index (χ0v) is 18.4. The van der Waals surface area contributed by atoms with Crippen molar-refractivity contribution in [3.8, 4) is 0 Å². The molecule has 0 radical (unpaired) electrons. The summed E-state index contributed by atoms with van der Waals surface area (Å²) in [5.41, 5.74) is 1.42. The molecular weight excluding hydrogens is 464 g/mol. The van der Waals surface area contributed by atoms with Crippen molar-refractivity contribution in [2.75, 3.05) is 5.32 Å². The third-order valence-electron chi connectivity index (χ3n) is 5.10. The summed E-state index contributed by atoms with van der Waals surface area (Å²) in [6.45, 7) is 0. The first-order chi connectivity index (χ1) is 13.4. The molecule has 1 aliphatic carbocycles. The molecule has 0 bridgehead atoms. The largest absolute Gasteiger partial charge is 0.310 e. The van der Waals surface area contributed by atoms with Crippen LogP contribution in [-0.2, 0) is 21.6 Å². The van der Waals surface area contributed by atoms with Gasteiger partial charge in [0.1, 0.15) is 5.82 Å². The highest BCUT2D eigenvalue weighted by molar-refractivity contribution is 9.10. The zero-order valence-electron chi connectivity index (χ0n) is 15.2. The number of nitrogens with one attached hydrogen (secondary N) is 1. The molecule has 1 fully saturated rings. The molecule has 150 valence electrons. The minimum absolute atomic E-state index is 0.0264. The summed E-state index contributed by atoms with van der Waals surface area (Å²) in [7, 11) is 0. The van der Waals surface area contributed by atoms with Crippen molar-refractivity contribution in [2.24, 2.45) is 5.92 Å². The highest BCUT2D eigenvalue weighted by Crippen LogP contribution is 2.36. The topological polar surface area (TPSA) is 79.3 Å². The summed E-state index contributed by atoms with van der Waals surface area (Å²) in [5.74, 6) is 0.526. The van der Waals surface area contributed by atoms with Crippen LogP contribution in [0.15, 0.2) is 41.0 Å². The van der Waals surface area contributed by atoms with Crippen molar-refractivity contribution in [3.63, 3.8) is 0 Å². The van der Waals surface area contributed by atoms with Gasteiger partial charge in [0.2, 0.25) is 5.91 Å². The Labute approximate surface area is 180 Å². The highest BCUT2D eigenvalue weighted by atomic mass is 79.9. The van der Waals surface area contributed by atoms with Crippen molar-refractivity contribution in [1.29, 1.82) is 0 Å². The van der Waals surface area contributed by atoms with Crippen LogP contribution >= 0.6 is 27.5 Å². The second-order valence-electron chi connectivity index (χ2n) is 7.11. The van der Waals surface area contributed by atoms with Crippen LogP contribution in [0.4, 0.5) is 5.82 Å². The molecular formula is C20H22BrClN2O3S. The lowest BCUT2D eigenvalue weighted by Gasteiger charge is -2.21. The number of benzene rings is 1. The summed E-state index contributed by atoms with van der Waals surface area (Å²) in [6, 6.07) is 8.90. The van der Waals surface area contributed by atoms with Gasteiger partial charge >= 0.3 is 0 Å². The number of halogens is 2. The van der Waals surface area contributed by atoms with Crippen LogP contribution in [0.2, 0.25) is 5.02 Å². The van der Waals surface area contributed by atoms with Gasteiger partial charge < -0.3 is 9.87 Å². The average Bonchev–Trinajstić information content (AvgIpc) is 3.16. The molecule has 2 aromatic rings. The molecule has 2 atom stereocenters. The second kappa shape index (κ2) is 9.96. The van der Waals surface area contributed by atoms with E-state index in [-0.39, 0.29) is 17.6 Å². The fraction of sp³-hybridized carbons (Fsp3) is 0.400. The fourth-order valence-corrected chi connectivity index (χ4v) is 4.75. The first-order valence-electron chi connectivity index (χ1n) is 9.20. The van der Waals surface area contributed by atoms with Crippen LogP contribution in [0.5, 0.6) is 0 Å². The number of hydrogen-bond acceptors (Lipinski definition) is 3. The molecule has 0 spiro atoms. The molecule has 1 aromatic heterocycles. The summed E-state index contributed by atoms with van der Waals surface area (Å²) in [6.07, 6.45) is 7.07. The van der Waals surface area contributed by atoms with E-state index in [9.17, 15) is 9.00 Å². The van der Waals surface area contributed by atoms with Crippen LogP contribution in [0.25, 0.3) is 0 Å². The van der Waals surface area contributed by atoms with Gasteiger partial charge in [-0.1, -0.05) is 49.4 Å². The Morgan fingerprint density at radius 2 is 2.07 bits per heavy atom. The standard InChI is InChI=1S/C20H22BrClN2O3S/c21-16-7-8-19(23-11-16)24-20(25)17(9-13-3-1-2-4-13)14-5-6-15(12-28(26)27)18(22)10-14/h5-8,10-11,13,17H,1-4,9,12H2,(H,26,27)(H,23,24,25). The van der Waals surface area contributed by atoms with Crippen LogP contribution < -0.4 is 5.32 Å². The maximum atomic E-state index is 13.1. The van der Waals surface area contributed by atoms with E-state index in [2.05, 4.69) is 26.2 Å². The van der Waals surface area contributed by atoms with E-state index >= 15 is 0 Å². The SMILES string of the molecule is O=C(Nc1ccc(Br)cn1)C(CC1CCCC1)c1ccc(CS(=O)O)c(Cl)c1. The van der Waals surface area contributed by atoms with Gasteiger partial charge in [-0.05, 0) is 57.6 Å². The second-order valence-corrected chi connectivity index (χ2v) is 9.36. The fourth-order valence-electron chi connectivity index (χ4n) is 3.67. The molecule has 1 aliphatic rings. The molecule has 5 nitrogen and oxygen atoms in total. The van der Waals surface area contributed by atoms with Crippen molar-refractivity contribution >= 4 is 50.3 Å². The van der Waals surface area contributed by atoms with Gasteiger partial charge in [0.15, 0.2) is 11.1 Å².